The molecule has 0 unspecified atom stereocenters. The number of aryl methyl sites for hydroxylation is 1. The SMILES string of the molecule is Cc1ccc(-c2nc3ccccc3o2)cc1NC(=S)NC(=O)CC(C)C. The van der Waals surface area contributed by atoms with Crippen LogP contribution in [0.4, 0.5) is 5.69 Å². The van der Waals surface area contributed by atoms with E-state index in [0.29, 0.717) is 12.3 Å². The van der Waals surface area contributed by atoms with Crippen LogP contribution in [0.25, 0.3) is 22.6 Å². The molecule has 0 saturated carbocycles. The minimum absolute atomic E-state index is 0.0924. The molecule has 0 saturated heterocycles. The zero-order valence-electron chi connectivity index (χ0n) is 15.0. The van der Waals surface area contributed by atoms with E-state index in [2.05, 4.69) is 15.6 Å². The van der Waals surface area contributed by atoms with Crippen LogP contribution in [0.2, 0.25) is 0 Å². The maximum absolute atomic E-state index is 11.9. The van der Waals surface area contributed by atoms with Gasteiger partial charge in [0, 0.05) is 17.7 Å². The van der Waals surface area contributed by atoms with Gasteiger partial charge in [0.1, 0.15) is 5.52 Å². The van der Waals surface area contributed by atoms with Crippen LogP contribution >= 0.6 is 12.2 Å². The first-order chi connectivity index (χ1) is 12.4. The fourth-order valence-electron chi connectivity index (χ4n) is 2.59. The van der Waals surface area contributed by atoms with E-state index in [9.17, 15) is 4.79 Å². The third kappa shape index (κ3) is 4.26. The summed E-state index contributed by atoms with van der Waals surface area (Å²) in [7, 11) is 0. The largest absolute Gasteiger partial charge is 0.436 e. The molecule has 2 aromatic carbocycles. The molecule has 3 rings (SSSR count). The summed E-state index contributed by atoms with van der Waals surface area (Å²) in [6, 6.07) is 13.5. The topological polar surface area (TPSA) is 67.2 Å². The number of nitrogens with zero attached hydrogens (tertiary/aromatic N) is 1. The molecule has 0 bridgehead atoms. The van der Waals surface area contributed by atoms with E-state index in [-0.39, 0.29) is 16.9 Å². The fourth-order valence-corrected chi connectivity index (χ4v) is 2.81. The molecular formula is C20H21N3O2S. The molecular weight excluding hydrogens is 346 g/mol. The Morgan fingerprint density at radius 2 is 2.00 bits per heavy atom. The molecule has 26 heavy (non-hydrogen) atoms. The van der Waals surface area contributed by atoms with Gasteiger partial charge in [0.2, 0.25) is 11.8 Å². The van der Waals surface area contributed by atoms with Crippen molar-refractivity contribution < 1.29 is 9.21 Å². The van der Waals surface area contributed by atoms with E-state index >= 15 is 0 Å². The molecule has 5 nitrogen and oxygen atoms in total. The molecule has 1 heterocycles. The molecule has 3 aromatic rings. The number of hydrogen-bond donors (Lipinski definition) is 2. The first kappa shape index (κ1) is 18.1. The summed E-state index contributed by atoms with van der Waals surface area (Å²) in [5.41, 5.74) is 4.21. The van der Waals surface area contributed by atoms with Crippen LogP contribution in [0.15, 0.2) is 46.9 Å². The molecule has 0 radical (unpaired) electrons. The number of carbonyl (C=O) groups is 1. The molecule has 2 N–H and O–H groups in total. The molecule has 1 amide bonds. The molecule has 1 aromatic heterocycles. The lowest BCUT2D eigenvalue weighted by Gasteiger charge is -2.13. The lowest BCUT2D eigenvalue weighted by atomic mass is 10.1. The Kier molecular flexibility index (Phi) is 5.32. The van der Waals surface area contributed by atoms with Gasteiger partial charge in [-0.15, -0.1) is 0 Å². The first-order valence-electron chi connectivity index (χ1n) is 8.50. The number of nitrogens with one attached hydrogen (secondary N) is 2. The van der Waals surface area contributed by atoms with Crippen LogP contribution < -0.4 is 10.6 Å². The zero-order valence-corrected chi connectivity index (χ0v) is 15.8. The third-order valence-corrected chi connectivity index (χ3v) is 4.08. The number of anilines is 1. The van der Waals surface area contributed by atoms with Crippen molar-refractivity contribution >= 4 is 40.0 Å². The number of aromatic nitrogens is 1. The number of para-hydroxylation sites is 2. The highest BCUT2D eigenvalue weighted by Gasteiger charge is 2.12. The lowest BCUT2D eigenvalue weighted by molar-refractivity contribution is -0.120. The Morgan fingerprint density at radius 1 is 1.23 bits per heavy atom. The maximum atomic E-state index is 11.9. The quantitative estimate of drug-likeness (QED) is 0.656. The van der Waals surface area contributed by atoms with Crippen LogP contribution in [-0.4, -0.2) is 16.0 Å². The summed E-state index contributed by atoms with van der Waals surface area (Å²) in [4.78, 5) is 16.4. The van der Waals surface area contributed by atoms with E-state index in [1.807, 2.05) is 63.2 Å². The van der Waals surface area contributed by atoms with Crippen LogP contribution in [0, 0.1) is 12.8 Å². The molecule has 134 valence electrons. The Balaban J connectivity index is 1.79. The average Bonchev–Trinajstić information content (AvgIpc) is 3.00. The highest BCUT2D eigenvalue weighted by atomic mass is 32.1. The smallest absolute Gasteiger partial charge is 0.227 e. The maximum Gasteiger partial charge on any atom is 0.227 e. The summed E-state index contributed by atoms with van der Waals surface area (Å²) >= 11 is 5.26. The molecule has 0 aliphatic rings. The van der Waals surface area contributed by atoms with Crippen molar-refractivity contribution in [3.05, 3.63) is 48.0 Å². The van der Waals surface area contributed by atoms with Crippen LogP contribution in [0.1, 0.15) is 25.8 Å². The van der Waals surface area contributed by atoms with Gasteiger partial charge >= 0.3 is 0 Å². The number of carbonyl (C=O) groups excluding carboxylic acids is 1. The Labute approximate surface area is 157 Å². The van der Waals surface area contributed by atoms with Gasteiger partial charge in [-0.25, -0.2) is 4.98 Å². The van der Waals surface area contributed by atoms with Gasteiger partial charge in [0.15, 0.2) is 10.7 Å². The average molecular weight is 367 g/mol. The number of thiocarbonyl (C=S) groups is 1. The van der Waals surface area contributed by atoms with Crippen molar-refractivity contribution in [1.82, 2.24) is 10.3 Å². The van der Waals surface area contributed by atoms with Gasteiger partial charge < -0.3 is 15.1 Å². The van der Waals surface area contributed by atoms with E-state index in [1.54, 1.807) is 0 Å². The lowest BCUT2D eigenvalue weighted by Crippen LogP contribution is -2.34. The summed E-state index contributed by atoms with van der Waals surface area (Å²) in [5, 5.41) is 6.08. The Hall–Kier alpha value is -2.73. The van der Waals surface area contributed by atoms with Gasteiger partial charge in [-0.2, -0.15) is 0 Å². The van der Waals surface area contributed by atoms with Crippen molar-refractivity contribution in [2.45, 2.75) is 27.2 Å². The van der Waals surface area contributed by atoms with Crippen molar-refractivity contribution in [1.29, 1.82) is 0 Å². The number of rotatable bonds is 4. The van der Waals surface area contributed by atoms with Crippen LogP contribution in [-0.2, 0) is 4.79 Å². The summed E-state index contributed by atoms with van der Waals surface area (Å²) < 4.78 is 5.82. The van der Waals surface area contributed by atoms with Crippen LogP contribution in [0.3, 0.4) is 0 Å². The minimum Gasteiger partial charge on any atom is -0.436 e. The number of benzene rings is 2. The second-order valence-corrected chi connectivity index (χ2v) is 7.02. The molecule has 0 spiro atoms. The normalized spacial score (nSPS) is 10.9. The van der Waals surface area contributed by atoms with Crippen molar-refractivity contribution in [3.8, 4) is 11.5 Å². The Bertz CT molecular complexity index is 930. The summed E-state index contributed by atoms with van der Waals surface area (Å²) in [6.45, 7) is 5.95. The second-order valence-electron chi connectivity index (χ2n) is 6.62. The Morgan fingerprint density at radius 3 is 2.73 bits per heavy atom. The van der Waals surface area contributed by atoms with E-state index < -0.39 is 0 Å². The summed E-state index contributed by atoms with van der Waals surface area (Å²) in [5.74, 6) is 0.733. The minimum atomic E-state index is -0.0924. The number of fused-ring (bicyclic) bond motifs is 1. The predicted octanol–water partition coefficient (Wildman–Crippen LogP) is 4.66. The molecule has 0 aliphatic heterocycles. The fraction of sp³-hybridized carbons (Fsp3) is 0.250. The van der Waals surface area contributed by atoms with Gasteiger partial charge in [0.05, 0.1) is 0 Å². The molecule has 0 aliphatic carbocycles. The van der Waals surface area contributed by atoms with Crippen LogP contribution in [0.5, 0.6) is 0 Å². The highest BCUT2D eigenvalue weighted by molar-refractivity contribution is 7.80. The van der Waals surface area contributed by atoms with E-state index in [4.69, 9.17) is 16.6 Å². The standard InChI is InChI=1S/C20H21N3O2S/c1-12(2)10-18(24)23-20(26)22-16-11-14(9-8-13(16)3)19-21-15-6-4-5-7-17(15)25-19/h4-9,11-12H,10H2,1-3H3,(H2,22,23,24,26). The molecule has 0 fully saturated rings. The van der Waals surface area contributed by atoms with Crippen molar-refractivity contribution in [2.75, 3.05) is 5.32 Å². The highest BCUT2D eigenvalue weighted by Crippen LogP contribution is 2.27. The predicted molar refractivity (Wildman–Crippen MR) is 108 cm³/mol. The number of amides is 1. The van der Waals surface area contributed by atoms with Crippen molar-refractivity contribution in [3.63, 3.8) is 0 Å². The second kappa shape index (κ2) is 7.66. The van der Waals surface area contributed by atoms with E-state index in [0.717, 1.165) is 27.9 Å². The number of oxazole rings is 1. The number of hydrogen-bond acceptors (Lipinski definition) is 4. The van der Waals surface area contributed by atoms with Gasteiger partial charge in [-0.1, -0.05) is 32.0 Å². The summed E-state index contributed by atoms with van der Waals surface area (Å²) in [6.07, 6.45) is 0.434. The molecule has 6 heteroatoms. The zero-order chi connectivity index (χ0) is 18.7. The third-order valence-electron chi connectivity index (χ3n) is 3.87. The van der Waals surface area contributed by atoms with Gasteiger partial charge in [-0.3, -0.25) is 4.79 Å². The van der Waals surface area contributed by atoms with Gasteiger partial charge in [-0.05, 0) is 54.9 Å². The monoisotopic (exact) mass is 367 g/mol. The van der Waals surface area contributed by atoms with Gasteiger partial charge in [0.25, 0.3) is 0 Å². The molecule has 0 atom stereocenters. The van der Waals surface area contributed by atoms with Crippen molar-refractivity contribution in [2.24, 2.45) is 5.92 Å². The van der Waals surface area contributed by atoms with E-state index in [1.165, 1.54) is 0 Å². The first-order valence-corrected chi connectivity index (χ1v) is 8.90.